The van der Waals surface area contributed by atoms with Crippen molar-refractivity contribution in [3.8, 4) is 0 Å². The molecule has 22 heavy (non-hydrogen) atoms. The van der Waals surface area contributed by atoms with Gasteiger partial charge >= 0.3 is 5.69 Å². The summed E-state index contributed by atoms with van der Waals surface area (Å²) in [5.74, 6) is 0. The first-order chi connectivity index (χ1) is 10.3. The SMILES string of the molecule is CN(C)N=Nc1cn(C2OC(CO)C(O)C2O)c(=O)[nH]c1=O. The predicted octanol–water partition coefficient (Wildman–Crippen LogP) is -2.29. The van der Waals surface area contributed by atoms with Gasteiger partial charge < -0.3 is 20.1 Å². The van der Waals surface area contributed by atoms with Crippen LogP contribution in [0.2, 0.25) is 0 Å². The van der Waals surface area contributed by atoms with Crippen LogP contribution in [0.3, 0.4) is 0 Å². The standard InChI is InChI=1S/C11H17N5O6/c1-15(2)14-13-5-3-16(11(21)12-9(5)20)10-8(19)7(18)6(4-17)22-10/h3,6-8,10,17-19H,4H2,1-2H3,(H,12,20,21). The van der Waals surface area contributed by atoms with E-state index in [9.17, 15) is 19.8 Å². The lowest BCUT2D eigenvalue weighted by Crippen LogP contribution is -2.37. The minimum Gasteiger partial charge on any atom is -0.394 e. The third-order valence-corrected chi connectivity index (χ3v) is 3.07. The Balaban J connectivity index is 2.41. The Hall–Kier alpha value is -2.08. The number of rotatable bonds is 4. The second-order valence-corrected chi connectivity index (χ2v) is 4.95. The quantitative estimate of drug-likeness (QED) is 0.360. The second kappa shape index (κ2) is 6.36. The molecule has 0 amide bonds. The highest BCUT2D eigenvalue weighted by Crippen LogP contribution is 2.28. The molecule has 11 heteroatoms. The second-order valence-electron chi connectivity index (χ2n) is 4.95. The number of aromatic nitrogens is 2. The van der Waals surface area contributed by atoms with E-state index >= 15 is 0 Å². The lowest BCUT2D eigenvalue weighted by Gasteiger charge is -2.17. The third-order valence-electron chi connectivity index (χ3n) is 3.07. The number of aromatic amines is 1. The third kappa shape index (κ3) is 3.06. The molecule has 0 aromatic carbocycles. The normalized spacial score (nSPS) is 28.4. The zero-order valence-electron chi connectivity index (χ0n) is 11.9. The van der Waals surface area contributed by atoms with Crippen LogP contribution in [0.5, 0.6) is 0 Å². The van der Waals surface area contributed by atoms with Crippen LogP contribution in [-0.4, -0.2) is 68.9 Å². The number of nitrogens with one attached hydrogen (secondary N) is 1. The van der Waals surface area contributed by atoms with Gasteiger partial charge in [-0.05, 0) is 0 Å². The summed E-state index contributed by atoms with van der Waals surface area (Å²) >= 11 is 0. The van der Waals surface area contributed by atoms with Crippen LogP contribution in [0.4, 0.5) is 5.69 Å². The summed E-state index contributed by atoms with van der Waals surface area (Å²) in [5, 5.41) is 37.3. The molecule has 2 rings (SSSR count). The van der Waals surface area contributed by atoms with Crippen molar-refractivity contribution in [2.75, 3.05) is 20.7 Å². The van der Waals surface area contributed by atoms with E-state index < -0.39 is 42.4 Å². The van der Waals surface area contributed by atoms with Gasteiger partial charge in [0.05, 0.1) is 6.61 Å². The number of H-pyrrole nitrogens is 1. The molecule has 4 unspecified atom stereocenters. The summed E-state index contributed by atoms with van der Waals surface area (Å²) in [6.45, 7) is -0.528. The molecule has 0 saturated carbocycles. The van der Waals surface area contributed by atoms with Gasteiger partial charge in [-0.15, -0.1) is 5.11 Å². The van der Waals surface area contributed by atoms with Gasteiger partial charge in [0.2, 0.25) is 0 Å². The van der Waals surface area contributed by atoms with Gasteiger partial charge in [-0.2, -0.15) is 0 Å². The van der Waals surface area contributed by atoms with E-state index in [1.807, 2.05) is 4.98 Å². The van der Waals surface area contributed by atoms with E-state index in [1.165, 1.54) is 5.01 Å². The van der Waals surface area contributed by atoms with Crippen LogP contribution in [0, 0.1) is 0 Å². The van der Waals surface area contributed by atoms with Crippen LogP contribution in [0.25, 0.3) is 0 Å². The Morgan fingerprint density at radius 2 is 2.05 bits per heavy atom. The fourth-order valence-electron chi connectivity index (χ4n) is 1.98. The summed E-state index contributed by atoms with van der Waals surface area (Å²) in [6.07, 6.45) is -4.04. The number of hydrogen-bond donors (Lipinski definition) is 4. The smallest absolute Gasteiger partial charge is 0.330 e. The van der Waals surface area contributed by atoms with E-state index in [0.717, 1.165) is 10.8 Å². The Morgan fingerprint density at radius 3 is 2.59 bits per heavy atom. The van der Waals surface area contributed by atoms with Crippen molar-refractivity contribution in [3.05, 3.63) is 27.0 Å². The zero-order chi connectivity index (χ0) is 16.4. The van der Waals surface area contributed by atoms with Crippen LogP contribution in [0.15, 0.2) is 26.1 Å². The van der Waals surface area contributed by atoms with Crippen molar-refractivity contribution < 1.29 is 20.1 Å². The first-order valence-corrected chi connectivity index (χ1v) is 6.42. The van der Waals surface area contributed by atoms with Gasteiger partial charge in [-0.1, -0.05) is 5.22 Å². The fraction of sp³-hybridized carbons (Fsp3) is 0.636. The van der Waals surface area contributed by atoms with Gasteiger partial charge in [-0.3, -0.25) is 19.4 Å². The molecule has 1 saturated heterocycles. The minimum atomic E-state index is -1.45. The molecule has 2 heterocycles. The average Bonchev–Trinajstić information content (AvgIpc) is 2.74. The molecule has 0 spiro atoms. The molecule has 1 aliphatic heterocycles. The summed E-state index contributed by atoms with van der Waals surface area (Å²) in [7, 11) is 3.19. The molecule has 0 bridgehead atoms. The molecule has 122 valence electrons. The number of aliphatic hydroxyl groups is 3. The Bertz CT molecular complexity index is 668. The summed E-state index contributed by atoms with van der Waals surface area (Å²) in [4.78, 5) is 25.5. The van der Waals surface area contributed by atoms with E-state index in [2.05, 4.69) is 10.3 Å². The first-order valence-electron chi connectivity index (χ1n) is 6.42. The van der Waals surface area contributed by atoms with Crippen LogP contribution in [-0.2, 0) is 4.74 Å². The van der Waals surface area contributed by atoms with Crippen molar-refractivity contribution >= 4 is 5.69 Å². The van der Waals surface area contributed by atoms with Crippen LogP contribution >= 0.6 is 0 Å². The molecular weight excluding hydrogens is 298 g/mol. The van der Waals surface area contributed by atoms with E-state index in [4.69, 9.17) is 9.84 Å². The molecule has 1 aliphatic rings. The highest BCUT2D eigenvalue weighted by atomic mass is 16.6. The van der Waals surface area contributed by atoms with Crippen molar-refractivity contribution in [2.24, 2.45) is 10.3 Å². The number of hydrogen-bond acceptors (Lipinski definition) is 8. The fourth-order valence-corrected chi connectivity index (χ4v) is 1.98. The average molecular weight is 315 g/mol. The lowest BCUT2D eigenvalue weighted by atomic mass is 10.1. The predicted molar refractivity (Wildman–Crippen MR) is 72.5 cm³/mol. The number of nitrogens with zero attached hydrogens (tertiary/aromatic N) is 4. The van der Waals surface area contributed by atoms with Gasteiger partial charge in [0.25, 0.3) is 5.56 Å². The molecule has 4 atom stereocenters. The molecule has 1 aromatic heterocycles. The molecule has 0 radical (unpaired) electrons. The lowest BCUT2D eigenvalue weighted by molar-refractivity contribution is -0.0549. The Kier molecular flexibility index (Phi) is 4.71. The Labute approximate surface area is 124 Å². The summed E-state index contributed by atoms with van der Waals surface area (Å²) in [5.41, 5.74) is -1.77. The van der Waals surface area contributed by atoms with E-state index in [-0.39, 0.29) is 5.69 Å². The van der Waals surface area contributed by atoms with Gasteiger partial charge in [-0.25, -0.2) is 4.79 Å². The monoisotopic (exact) mass is 315 g/mol. The molecule has 1 aromatic rings. The van der Waals surface area contributed by atoms with Crippen LogP contribution < -0.4 is 11.2 Å². The highest BCUT2D eigenvalue weighted by molar-refractivity contribution is 5.28. The first kappa shape index (κ1) is 16.3. The van der Waals surface area contributed by atoms with Crippen molar-refractivity contribution in [1.29, 1.82) is 0 Å². The maximum Gasteiger partial charge on any atom is 0.330 e. The molecule has 11 nitrogen and oxygen atoms in total. The van der Waals surface area contributed by atoms with Gasteiger partial charge in [0.1, 0.15) is 18.3 Å². The van der Waals surface area contributed by atoms with Crippen molar-refractivity contribution in [1.82, 2.24) is 14.6 Å². The molecular formula is C11H17N5O6. The van der Waals surface area contributed by atoms with Crippen molar-refractivity contribution in [2.45, 2.75) is 24.5 Å². The minimum absolute atomic E-state index is 0.175. The van der Waals surface area contributed by atoms with Crippen molar-refractivity contribution in [3.63, 3.8) is 0 Å². The largest absolute Gasteiger partial charge is 0.394 e. The topological polar surface area (TPSA) is 153 Å². The number of ether oxygens (including phenoxy) is 1. The Morgan fingerprint density at radius 1 is 1.36 bits per heavy atom. The summed E-state index contributed by atoms with van der Waals surface area (Å²) in [6, 6.07) is 0. The zero-order valence-corrected chi connectivity index (χ0v) is 11.9. The van der Waals surface area contributed by atoms with E-state index in [1.54, 1.807) is 14.1 Å². The summed E-state index contributed by atoms with van der Waals surface area (Å²) < 4.78 is 6.11. The highest BCUT2D eigenvalue weighted by Gasteiger charge is 2.43. The van der Waals surface area contributed by atoms with Crippen LogP contribution in [0.1, 0.15) is 6.23 Å². The van der Waals surface area contributed by atoms with Gasteiger partial charge in [0, 0.05) is 20.3 Å². The van der Waals surface area contributed by atoms with Gasteiger partial charge in [0.15, 0.2) is 11.9 Å². The van der Waals surface area contributed by atoms with E-state index in [0.29, 0.717) is 0 Å². The molecule has 1 fully saturated rings. The maximum absolute atomic E-state index is 11.9. The molecule has 0 aliphatic carbocycles. The number of aliphatic hydroxyl groups excluding tert-OH is 3. The maximum atomic E-state index is 11.9. The molecule has 4 N–H and O–H groups in total.